The van der Waals surface area contributed by atoms with Gasteiger partial charge in [0, 0.05) is 9.61 Å². The minimum absolute atomic E-state index is 0.180. The van der Waals surface area contributed by atoms with Crippen LogP contribution in [0.3, 0.4) is 0 Å². The van der Waals surface area contributed by atoms with Gasteiger partial charge in [-0.1, -0.05) is 32.4 Å². The van der Waals surface area contributed by atoms with Gasteiger partial charge in [-0.2, -0.15) is 0 Å². The molecule has 1 rings (SSSR count). The van der Waals surface area contributed by atoms with Crippen molar-refractivity contribution in [3.8, 4) is 0 Å². The summed E-state index contributed by atoms with van der Waals surface area (Å²) in [6.07, 6.45) is 1.13. The molecule has 0 saturated heterocycles. The standard InChI is InChI=1S/C11H16IN/c1-3-8(2)11(13)9-5-4-6-10(12)7-9/h4-8,11H,3,13H2,1-2H3. The minimum Gasteiger partial charge on any atom is -0.324 e. The van der Waals surface area contributed by atoms with Crippen molar-refractivity contribution in [2.75, 3.05) is 0 Å². The summed E-state index contributed by atoms with van der Waals surface area (Å²) >= 11 is 2.32. The zero-order valence-corrected chi connectivity index (χ0v) is 10.3. The summed E-state index contributed by atoms with van der Waals surface area (Å²) in [5, 5.41) is 0. The largest absolute Gasteiger partial charge is 0.324 e. The molecule has 13 heavy (non-hydrogen) atoms. The van der Waals surface area contributed by atoms with Crippen LogP contribution in [-0.4, -0.2) is 0 Å². The normalized spacial score (nSPS) is 15.4. The highest BCUT2D eigenvalue weighted by Crippen LogP contribution is 2.22. The Morgan fingerprint density at radius 2 is 2.15 bits per heavy atom. The zero-order chi connectivity index (χ0) is 9.84. The van der Waals surface area contributed by atoms with Crippen LogP contribution in [0, 0.1) is 9.49 Å². The Balaban J connectivity index is 2.82. The number of halogens is 1. The lowest BCUT2D eigenvalue weighted by Gasteiger charge is -2.18. The molecule has 0 spiro atoms. The fraction of sp³-hybridized carbons (Fsp3) is 0.455. The third-order valence-corrected chi connectivity index (χ3v) is 3.16. The first-order valence-electron chi connectivity index (χ1n) is 4.66. The quantitative estimate of drug-likeness (QED) is 0.849. The first-order valence-corrected chi connectivity index (χ1v) is 5.74. The van der Waals surface area contributed by atoms with Gasteiger partial charge >= 0.3 is 0 Å². The number of hydrogen-bond acceptors (Lipinski definition) is 1. The van der Waals surface area contributed by atoms with Gasteiger partial charge in [0.25, 0.3) is 0 Å². The summed E-state index contributed by atoms with van der Waals surface area (Å²) in [5.41, 5.74) is 7.37. The van der Waals surface area contributed by atoms with Crippen molar-refractivity contribution in [2.24, 2.45) is 11.7 Å². The molecule has 0 bridgehead atoms. The van der Waals surface area contributed by atoms with Crippen LogP contribution in [0.25, 0.3) is 0 Å². The first-order chi connectivity index (χ1) is 6.15. The SMILES string of the molecule is CCC(C)C(N)c1cccc(I)c1. The highest BCUT2D eigenvalue weighted by Gasteiger charge is 2.12. The van der Waals surface area contributed by atoms with E-state index >= 15 is 0 Å². The Kier molecular flexibility index (Phi) is 4.19. The van der Waals surface area contributed by atoms with Crippen molar-refractivity contribution in [2.45, 2.75) is 26.3 Å². The maximum absolute atomic E-state index is 6.11. The van der Waals surface area contributed by atoms with E-state index in [1.165, 1.54) is 9.13 Å². The van der Waals surface area contributed by atoms with Gasteiger partial charge in [-0.05, 0) is 46.2 Å². The van der Waals surface area contributed by atoms with E-state index in [0.29, 0.717) is 5.92 Å². The second-order valence-corrected chi connectivity index (χ2v) is 4.71. The molecular formula is C11H16IN. The Hall–Kier alpha value is -0.0900. The second-order valence-electron chi connectivity index (χ2n) is 3.47. The molecule has 0 saturated carbocycles. The summed E-state index contributed by atoms with van der Waals surface area (Å²) < 4.78 is 1.26. The molecule has 0 aliphatic heterocycles. The first kappa shape index (κ1) is 11.0. The zero-order valence-electron chi connectivity index (χ0n) is 8.13. The molecule has 1 aromatic rings. The molecule has 1 aromatic carbocycles. The Morgan fingerprint density at radius 1 is 1.46 bits per heavy atom. The second kappa shape index (κ2) is 4.96. The van der Waals surface area contributed by atoms with E-state index in [4.69, 9.17) is 5.73 Å². The van der Waals surface area contributed by atoms with Crippen LogP contribution < -0.4 is 5.73 Å². The summed E-state index contributed by atoms with van der Waals surface area (Å²) in [6.45, 7) is 4.38. The van der Waals surface area contributed by atoms with E-state index in [9.17, 15) is 0 Å². The fourth-order valence-corrected chi connectivity index (χ4v) is 1.86. The Bertz CT molecular complexity index is 273. The molecule has 1 nitrogen and oxygen atoms in total. The lowest BCUT2D eigenvalue weighted by atomic mass is 9.93. The molecular weight excluding hydrogens is 273 g/mol. The lowest BCUT2D eigenvalue weighted by molar-refractivity contribution is 0.457. The predicted octanol–water partition coefficient (Wildman–Crippen LogP) is 3.34. The van der Waals surface area contributed by atoms with Gasteiger partial charge in [-0.3, -0.25) is 0 Å². The lowest BCUT2D eigenvalue weighted by Crippen LogP contribution is -2.18. The average molecular weight is 289 g/mol. The van der Waals surface area contributed by atoms with Crippen molar-refractivity contribution in [3.05, 3.63) is 33.4 Å². The molecule has 0 heterocycles. The van der Waals surface area contributed by atoms with E-state index in [-0.39, 0.29) is 6.04 Å². The van der Waals surface area contributed by atoms with Gasteiger partial charge < -0.3 is 5.73 Å². The molecule has 2 heteroatoms. The monoisotopic (exact) mass is 289 g/mol. The predicted molar refractivity (Wildman–Crippen MR) is 65.5 cm³/mol. The number of hydrogen-bond donors (Lipinski definition) is 1. The van der Waals surface area contributed by atoms with Crippen molar-refractivity contribution in [1.29, 1.82) is 0 Å². The van der Waals surface area contributed by atoms with Crippen molar-refractivity contribution in [1.82, 2.24) is 0 Å². The summed E-state index contributed by atoms with van der Waals surface area (Å²) in [6, 6.07) is 8.61. The van der Waals surface area contributed by atoms with Gasteiger partial charge in [-0.15, -0.1) is 0 Å². The highest BCUT2D eigenvalue weighted by atomic mass is 127. The van der Waals surface area contributed by atoms with Crippen molar-refractivity contribution < 1.29 is 0 Å². The minimum atomic E-state index is 0.180. The van der Waals surface area contributed by atoms with E-state index < -0.39 is 0 Å². The molecule has 72 valence electrons. The molecule has 2 unspecified atom stereocenters. The van der Waals surface area contributed by atoms with Gasteiger partial charge in [0.2, 0.25) is 0 Å². The molecule has 2 N–H and O–H groups in total. The van der Waals surface area contributed by atoms with Gasteiger partial charge in [0.05, 0.1) is 0 Å². The van der Waals surface area contributed by atoms with E-state index in [1.807, 2.05) is 0 Å². The summed E-state index contributed by atoms with van der Waals surface area (Å²) in [4.78, 5) is 0. The Labute approximate surface area is 93.9 Å². The van der Waals surface area contributed by atoms with Crippen LogP contribution in [-0.2, 0) is 0 Å². The smallest absolute Gasteiger partial charge is 0.0321 e. The molecule has 0 aliphatic carbocycles. The van der Waals surface area contributed by atoms with Crippen LogP contribution in [0.5, 0.6) is 0 Å². The number of benzene rings is 1. The van der Waals surface area contributed by atoms with E-state index in [0.717, 1.165) is 6.42 Å². The third-order valence-electron chi connectivity index (χ3n) is 2.49. The topological polar surface area (TPSA) is 26.0 Å². The average Bonchev–Trinajstić information content (AvgIpc) is 2.15. The van der Waals surface area contributed by atoms with Gasteiger partial charge in [-0.25, -0.2) is 0 Å². The maximum Gasteiger partial charge on any atom is 0.0321 e. The van der Waals surface area contributed by atoms with Crippen LogP contribution in [0.1, 0.15) is 31.9 Å². The molecule has 0 aromatic heterocycles. The highest BCUT2D eigenvalue weighted by molar-refractivity contribution is 14.1. The van der Waals surface area contributed by atoms with E-state index in [2.05, 4.69) is 60.7 Å². The van der Waals surface area contributed by atoms with Crippen molar-refractivity contribution in [3.63, 3.8) is 0 Å². The van der Waals surface area contributed by atoms with E-state index in [1.54, 1.807) is 0 Å². The molecule has 0 amide bonds. The molecule has 0 fully saturated rings. The summed E-state index contributed by atoms with van der Waals surface area (Å²) in [7, 11) is 0. The van der Waals surface area contributed by atoms with Crippen LogP contribution in [0.15, 0.2) is 24.3 Å². The third kappa shape index (κ3) is 2.95. The molecule has 2 atom stereocenters. The fourth-order valence-electron chi connectivity index (χ4n) is 1.30. The maximum atomic E-state index is 6.11. The van der Waals surface area contributed by atoms with Crippen molar-refractivity contribution >= 4 is 22.6 Å². The number of nitrogens with two attached hydrogens (primary N) is 1. The van der Waals surface area contributed by atoms with Gasteiger partial charge in [0.1, 0.15) is 0 Å². The van der Waals surface area contributed by atoms with Crippen LogP contribution >= 0.6 is 22.6 Å². The molecule has 0 radical (unpaired) electrons. The molecule has 0 aliphatic rings. The number of rotatable bonds is 3. The summed E-state index contributed by atoms with van der Waals surface area (Å²) in [5.74, 6) is 0.554. The van der Waals surface area contributed by atoms with Crippen LogP contribution in [0.2, 0.25) is 0 Å². The van der Waals surface area contributed by atoms with Crippen LogP contribution in [0.4, 0.5) is 0 Å². The van der Waals surface area contributed by atoms with Gasteiger partial charge in [0.15, 0.2) is 0 Å². The Morgan fingerprint density at radius 3 is 2.69 bits per heavy atom.